The minimum Gasteiger partial charge on any atom is -0.493 e. The number of fused-ring (bicyclic) bond motifs is 1. The van der Waals surface area contributed by atoms with E-state index in [0.717, 1.165) is 11.3 Å². The largest absolute Gasteiger partial charge is 0.493 e. The first-order valence-electron chi connectivity index (χ1n) is 13.4. The van der Waals surface area contributed by atoms with E-state index in [-0.39, 0.29) is 31.0 Å². The van der Waals surface area contributed by atoms with Crippen molar-refractivity contribution >= 4 is 29.0 Å². The molecule has 3 aromatic carbocycles. The van der Waals surface area contributed by atoms with Crippen molar-refractivity contribution in [1.82, 2.24) is 0 Å². The van der Waals surface area contributed by atoms with Crippen LogP contribution in [0.3, 0.4) is 0 Å². The maximum absolute atomic E-state index is 14.1. The quantitative estimate of drug-likeness (QED) is 0.375. The highest BCUT2D eigenvalue weighted by Gasteiger charge is 2.42. The number of carboxylic acids is 1. The molecule has 9 nitrogen and oxygen atoms in total. The Hall–Kier alpha value is -4.79. The fourth-order valence-corrected chi connectivity index (χ4v) is 5.74. The van der Waals surface area contributed by atoms with E-state index in [4.69, 9.17) is 14.2 Å². The van der Waals surface area contributed by atoms with Gasteiger partial charge in [0.1, 0.15) is 0 Å². The molecule has 5 rings (SSSR count). The number of aliphatic carboxylic acids is 1. The number of methoxy groups -OCH3 is 3. The summed E-state index contributed by atoms with van der Waals surface area (Å²) in [5.41, 5.74) is 3.99. The van der Waals surface area contributed by atoms with Crippen LogP contribution in [0.4, 0.5) is 11.4 Å². The summed E-state index contributed by atoms with van der Waals surface area (Å²) in [6.07, 6.45) is 0.229. The number of carboxylic acid groups (broad SMARTS) is 1. The maximum Gasteiger partial charge on any atom is 0.303 e. The molecule has 1 amide bonds. The van der Waals surface area contributed by atoms with Crippen molar-refractivity contribution in [2.24, 2.45) is 0 Å². The first kappa shape index (κ1) is 27.8. The van der Waals surface area contributed by atoms with Gasteiger partial charge in [-0.2, -0.15) is 0 Å². The molecule has 0 saturated heterocycles. The fraction of sp³-hybridized carbons (Fsp3) is 0.281. The molecule has 0 bridgehead atoms. The van der Waals surface area contributed by atoms with E-state index in [1.54, 1.807) is 18.2 Å². The van der Waals surface area contributed by atoms with Crippen molar-refractivity contribution in [2.75, 3.05) is 31.5 Å². The zero-order valence-electron chi connectivity index (χ0n) is 23.2. The van der Waals surface area contributed by atoms with Crippen LogP contribution in [0.25, 0.3) is 0 Å². The Balaban J connectivity index is 1.75. The smallest absolute Gasteiger partial charge is 0.303 e. The molecule has 0 unspecified atom stereocenters. The molecule has 0 fully saturated rings. The number of Topliss-reactive ketones (excluding diaryl/α,β-unsaturated/α-hetero) is 1. The topological polar surface area (TPSA) is 114 Å². The van der Waals surface area contributed by atoms with Gasteiger partial charge >= 0.3 is 5.97 Å². The Kier molecular flexibility index (Phi) is 7.96. The summed E-state index contributed by atoms with van der Waals surface area (Å²) >= 11 is 0. The average Bonchev–Trinajstić information content (AvgIpc) is 3.14. The molecule has 1 aliphatic heterocycles. The summed E-state index contributed by atoms with van der Waals surface area (Å²) in [6.45, 7) is 0. The molecular formula is C32H32N2O7. The molecule has 1 aliphatic carbocycles. The van der Waals surface area contributed by atoms with Crippen LogP contribution in [0.1, 0.15) is 48.8 Å². The summed E-state index contributed by atoms with van der Waals surface area (Å²) in [5.74, 6) is -0.527. The van der Waals surface area contributed by atoms with E-state index in [1.165, 1.54) is 26.2 Å². The molecule has 0 spiro atoms. The molecule has 9 heteroatoms. The molecule has 3 aromatic rings. The Labute approximate surface area is 238 Å². The van der Waals surface area contributed by atoms with Gasteiger partial charge in [-0.1, -0.05) is 42.5 Å². The predicted molar refractivity (Wildman–Crippen MR) is 154 cm³/mol. The second-order valence-electron chi connectivity index (χ2n) is 9.99. The molecule has 2 N–H and O–H groups in total. The van der Waals surface area contributed by atoms with E-state index in [9.17, 15) is 19.5 Å². The van der Waals surface area contributed by atoms with Crippen molar-refractivity contribution in [2.45, 2.75) is 37.6 Å². The highest BCUT2D eigenvalue weighted by Crippen LogP contribution is 2.50. The van der Waals surface area contributed by atoms with Gasteiger partial charge in [-0.25, -0.2) is 0 Å². The number of ketones is 1. The molecule has 1 heterocycles. The summed E-state index contributed by atoms with van der Waals surface area (Å²) in [5, 5.41) is 12.8. The zero-order valence-corrected chi connectivity index (χ0v) is 23.2. The molecule has 0 radical (unpaired) electrons. The summed E-state index contributed by atoms with van der Waals surface area (Å²) in [7, 11) is 4.51. The van der Waals surface area contributed by atoms with Gasteiger partial charge in [-0.15, -0.1) is 0 Å². The first-order valence-corrected chi connectivity index (χ1v) is 13.4. The van der Waals surface area contributed by atoms with Crippen LogP contribution in [0.15, 0.2) is 78.0 Å². The summed E-state index contributed by atoms with van der Waals surface area (Å²) in [6, 6.07) is 19.8. The Morgan fingerprint density at radius 1 is 0.878 bits per heavy atom. The van der Waals surface area contributed by atoms with Gasteiger partial charge in [-0.05, 0) is 47.7 Å². The van der Waals surface area contributed by atoms with Crippen LogP contribution < -0.4 is 24.4 Å². The van der Waals surface area contributed by atoms with Gasteiger partial charge in [-0.3, -0.25) is 19.3 Å². The second-order valence-corrected chi connectivity index (χ2v) is 9.99. The Morgan fingerprint density at radius 3 is 2.17 bits per heavy atom. The van der Waals surface area contributed by atoms with Crippen molar-refractivity contribution in [3.8, 4) is 17.2 Å². The normalized spacial score (nSPS) is 18.0. The Bertz CT molecular complexity index is 1490. The minimum absolute atomic E-state index is 0.0445. The zero-order chi connectivity index (χ0) is 29.1. The maximum atomic E-state index is 14.1. The highest BCUT2D eigenvalue weighted by molar-refractivity contribution is 6.06. The lowest BCUT2D eigenvalue weighted by Gasteiger charge is -2.35. The number of hydrogen-bond donors (Lipinski definition) is 2. The number of benzene rings is 3. The van der Waals surface area contributed by atoms with Gasteiger partial charge < -0.3 is 24.6 Å². The van der Waals surface area contributed by atoms with E-state index in [2.05, 4.69) is 5.32 Å². The highest BCUT2D eigenvalue weighted by atomic mass is 16.5. The van der Waals surface area contributed by atoms with Crippen LogP contribution >= 0.6 is 0 Å². The number of nitrogens with zero attached hydrogens (tertiary/aromatic N) is 1. The van der Waals surface area contributed by atoms with E-state index < -0.39 is 17.9 Å². The fourth-order valence-electron chi connectivity index (χ4n) is 5.74. The van der Waals surface area contributed by atoms with Crippen molar-refractivity contribution in [3.63, 3.8) is 0 Å². The predicted octanol–water partition coefficient (Wildman–Crippen LogP) is 5.48. The lowest BCUT2D eigenvalue weighted by molar-refractivity contribution is -0.138. The lowest BCUT2D eigenvalue weighted by Crippen LogP contribution is -2.38. The van der Waals surface area contributed by atoms with Crippen molar-refractivity contribution in [1.29, 1.82) is 0 Å². The SMILES string of the molecule is COc1cc([C@H]2C3=C(C[C@H](c4ccccc4)CC3=O)Nc3ccccc3N2C(=O)CCC(=O)O)cc(OC)c1OC. The standard InChI is InChI=1S/C32H32N2O7/c1-39-26-17-21(18-27(40-2)32(26)41-3)31-30-23(15-20(16-25(30)35)19-9-5-4-6-10-19)33-22-11-7-8-12-24(22)34(31)28(36)13-14-29(37)38/h4-12,17-18,20,31,33H,13-16H2,1-3H3,(H,37,38)/t20-,31-/m0/s1. The number of allylic oxidation sites excluding steroid dienone is 1. The van der Waals surface area contributed by atoms with Gasteiger partial charge in [0.15, 0.2) is 17.3 Å². The molecule has 2 atom stereocenters. The number of amides is 1. The monoisotopic (exact) mass is 556 g/mol. The van der Waals surface area contributed by atoms with Crippen LogP contribution in [-0.4, -0.2) is 44.1 Å². The van der Waals surface area contributed by atoms with Crippen LogP contribution in [0.2, 0.25) is 0 Å². The van der Waals surface area contributed by atoms with Gasteiger partial charge in [0.05, 0.1) is 45.2 Å². The molecule has 0 aromatic heterocycles. The molecule has 41 heavy (non-hydrogen) atoms. The molecular weight excluding hydrogens is 524 g/mol. The van der Waals surface area contributed by atoms with Crippen LogP contribution in [0, 0.1) is 0 Å². The average molecular weight is 557 g/mol. The third kappa shape index (κ3) is 5.35. The number of carbonyl (C=O) groups excluding carboxylic acids is 2. The Morgan fingerprint density at radius 2 is 1.54 bits per heavy atom. The number of ether oxygens (including phenoxy) is 3. The second kappa shape index (κ2) is 11.8. The number of para-hydroxylation sites is 2. The summed E-state index contributed by atoms with van der Waals surface area (Å²) in [4.78, 5) is 41.0. The lowest BCUT2D eigenvalue weighted by atomic mass is 9.78. The summed E-state index contributed by atoms with van der Waals surface area (Å²) < 4.78 is 16.8. The van der Waals surface area contributed by atoms with E-state index in [1.807, 2.05) is 48.5 Å². The third-order valence-electron chi connectivity index (χ3n) is 7.58. The third-order valence-corrected chi connectivity index (χ3v) is 7.58. The molecule has 212 valence electrons. The molecule has 2 aliphatic rings. The number of carbonyl (C=O) groups is 3. The number of anilines is 2. The van der Waals surface area contributed by atoms with Gasteiger partial charge in [0.25, 0.3) is 0 Å². The first-order chi connectivity index (χ1) is 19.9. The van der Waals surface area contributed by atoms with E-state index >= 15 is 0 Å². The number of hydrogen-bond acceptors (Lipinski definition) is 7. The van der Waals surface area contributed by atoms with Gasteiger partial charge in [0.2, 0.25) is 11.7 Å². The van der Waals surface area contributed by atoms with E-state index in [0.29, 0.717) is 46.2 Å². The minimum atomic E-state index is -1.08. The van der Waals surface area contributed by atoms with Crippen molar-refractivity contribution < 1.29 is 33.7 Å². The van der Waals surface area contributed by atoms with Crippen LogP contribution in [-0.2, 0) is 14.4 Å². The van der Waals surface area contributed by atoms with Crippen LogP contribution in [0.5, 0.6) is 17.2 Å². The number of rotatable bonds is 8. The van der Waals surface area contributed by atoms with Gasteiger partial charge in [0, 0.05) is 24.1 Å². The van der Waals surface area contributed by atoms with Crippen molar-refractivity contribution in [3.05, 3.63) is 89.1 Å². The number of nitrogens with one attached hydrogen (secondary N) is 1. The molecule has 0 saturated carbocycles.